The number of amides is 2. The number of carbonyl (C=O) groups excluding carboxylic acids is 1. The molecule has 2 amide bonds. The van der Waals surface area contributed by atoms with E-state index in [9.17, 15) is 9.90 Å². The number of aromatic nitrogens is 1. The smallest absolute Gasteiger partial charge is 0.315 e. The van der Waals surface area contributed by atoms with Gasteiger partial charge in [0.2, 0.25) is 0 Å². The Balaban J connectivity index is 1.50. The maximum absolute atomic E-state index is 11.9. The number of carbonyl (C=O) groups is 1. The maximum atomic E-state index is 11.9. The van der Waals surface area contributed by atoms with E-state index in [0.717, 1.165) is 41.9 Å². The van der Waals surface area contributed by atoms with Gasteiger partial charge in [-0.1, -0.05) is 43.2 Å². The average Bonchev–Trinajstić information content (AvgIpc) is 3.05. The number of benzene rings is 1. The van der Waals surface area contributed by atoms with Crippen molar-refractivity contribution in [3.8, 4) is 10.6 Å². The number of aliphatic hydroxyl groups excluding tert-OH is 1. The molecule has 0 spiro atoms. The highest BCUT2D eigenvalue weighted by Crippen LogP contribution is 2.23. The molecule has 1 aromatic heterocycles. The van der Waals surface area contributed by atoms with Gasteiger partial charge in [0.15, 0.2) is 0 Å². The van der Waals surface area contributed by atoms with Gasteiger partial charge in [-0.3, -0.25) is 0 Å². The summed E-state index contributed by atoms with van der Waals surface area (Å²) in [6, 6.07) is 9.60. The zero-order valence-corrected chi connectivity index (χ0v) is 13.7. The Kier molecular flexibility index (Phi) is 5.25. The van der Waals surface area contributed by atoms with Gasteiger partial charge in [-0.05, 0) is 12.8 Å². The summed E-state index contributed by atoms with van der Waals surface area (Å²) in [5.74, 6) is 0. The standard InChI is InChI=1S/C17H21N3O2S/c21-15-9-5-4-8-14(15)20-17(22)18-10-13-11-23-16(19-13)12-6-2-1-3-7-12/h1-3,6-7,11,14-15,21H,4-5,8-10H2,(H2,18,20,22). The van der Waals surface area contributed by atoms with Crippen LogP contribution >= 0.6 is 11.3 Å². The Hall–Kier alpha value is -1.92. The summed E-state index contributed by atoms with van der Waals surface area (Å²) in [4.78, 5) is 16.5. The normalized spacial score (nSPS) is 20.9. The molecule has 0 bridgehead atoms. The van der Waals surface area contributed by atoms with E-state index < -0.39 is 6.10 Å². The predicted octanol–water partition coefficient (Wildman–Crippen LogP) is 2.91. The van der Waals surface area contributed by atoms with Crippen LogP contribution in [0, 0.1) is 0 Å². The number of aliphatic hydroxyl groups is 1. The summed E-state index contributed by atoms with van der Waals surface area (Å²) in [5, 5.41) is 18.5. The van der Waals surface area contributed by atoms with Crippen LogP contribution in [0.2, 0.25) is 0 Å². The number of hydrogen-bond donors (Lipinski definition) is 3. The maximum Gasteiger partial charge on any atom is 0.315 e. The molecule has 2 unspecified atom stereocenters. The van der Waals surface area contributed by atoms with Gasteiger partial charge in [-0.15, -0.1) is 11.3 Å². The van der Waals surface area contributed by atoms with Crippen LogP contribution in [0.4, 0.5) is 4.79 Å². The highest BCUT2D eigenvalue weighted by atomic mass is 32.1. The molecule has 1 aromatic carbocycles. The highest BCUT2D eigenvalue weighted by Gasteiger charge is 2.24. The molecule has 1 saturated carbocycles. The molecule has 3 rings (SSSR count). The van der Waals surface area contributed by atoms with Gasteiger partial charge >= 0.3 is 6.03 Å². The van der Waals surface area contributed by atoms with Crippen molar-refractivity contribution in [2.45, 2.75) is 44.4 Å². The van der Waals surface area contributed by atoms with Gasteiger partial charge in [-0.25, -0.2) is 9.78 Å². The fraction of sp³-hybridized carbons (Fsp3) is 0.412. The molecule has 0 saturated heterocycles. The summed E-state index contributed by atoms with van der Waals surface area (Å²) in [6.45, 7) is 0.387. The Morgan fingerprint density at radius 1 is 1.26 bits per heavy atom. The summed E-state index contributed by atoms with van der Waals surface area (Å²) in [6.07, 6.45) is 3.25. The lowest BCUT2D eigenvalue weighted by Crippen LogP contribution is -2.48. The van der Waals surface area contributed by atoms with Crippen LogP contribution < -0.4 is 10.6 Å². The lowest BCUT2D eigenvalue weighted by atomic mass is 9.93. The van der Waals surface area contributed by atoms with E-state index in [1.807, 2.05) is 35.7 Å². The second-order valence-electron chi connectivity index (χ2n) is 5.80. The third-order valence-corrected chi connectivity index (χ3v) is 4.99. The topological polar surface area (TPSA) is 74.2 Å². The van der Waals surface area contributed by atoms with Crippen molar-refractivity contribution in [1.29, 1.82) is 0 Å². The molecule has 0 radical (unpaired) electrons. The molecule has 2 aromatic rings. The minimum absolute atomic E-state index is 0.140. The van der Waals surface area contributed by atoms with Crippen LogP contribution in [0.25, 0.3) is 10.6 Å². The van der Waals surface area contributed by atoms with Crippen LogP contribution in [-0.4, -0.2) is 28.3 Å². The number of nitrogens with zero attached hydrogens (tertiary/aromatic N) is 1. The number of urea groups is 1. The number of rotatable bonds is 4. The molecule has 122 valence electrons. The van der Waals surface area contributed by atoms with Gasteiger partial charge in [0.25, 0.3) is 0 Å². The van der Waals surface area contributed by atoms with Crippen LogP contribution in [0.5, 0.6) is 0 Å². The fourth-order valence-electron chi connectivity index (χ4n) is 2.77. The predicted molar refractivity (Wildman–Crippen MR) is 91.2 cm³/mol. The minimum atomic E-state index is -0.432. The molecule has 5 nitrogen and oxygen atoms in total. The Bertz CT molecular complexity index is 644. The quantitative estimate of drug-likeness (QED) is 0.806. The van der Waals surface area contributed by atoms with Crippen molar-refractivity contribution in [3.05, 3.63) is 41.4 Å². The average molecular weight is 331 g/mol. The summed E-state index contributed by atoms with van der Waals surface area (Å²) < 4.78 is 0. The summed E-state index contributed by atoms with van der Waals surface area (Å²) in [7, 11) is 0. The third kappa shape index (κ3) is 4.30. The van der Waals surface area contributed by atoms with Crippen molar-refractivity contribution in [2.75, 3.05) is 0 Å². The Morgan fingerprint density at radius 2 is 2.04 bits per heavy atom. The largest absolute Gasteiger partial charge is 0.391 e. The summed E-state index contributed by atoms with van der Waals surface area (Å²) in [5.41, 5.74) is 1.92. The molecule has 0 aliphatic heterocycles. The molecule has 6 heteroatoms. The fourth-order valence-corrected chi connectivity index (χ4v) is 3.60. The van der Waals surface area contributed by atoms with E-state index >= 15 is 0 Å². The first kappa shape index (κ1) is 16.0. The first-order valence-corrected chi connectivity index (χ1v) is 8.82. The van der Waals surface area contributed by atoms with Crippen LogP contribution in [0.15, 0.2) is 35.7 Å². The number of hydrogen-bond acceptors (Lipinski definition) is 4. The van der Waals surface area contributed by atoms with Gasteiger partial charge in [0.05, 0.1) is 24.4 Å². The van der Waals surface area contributed by atoms with Crippen LogP contribution in [0.1, 0.15) is 31.4 Å². The minimum Gasteiger partial charge on any atom is -0.391 e. The van der Waals surface area contributed by atoms with Crippen LogP contribution in [0.3, 0.4) is 0 Å². The lowest BCUT2D eigenvalue weighted by Gasteiger charge is -2.28. The molecular weight excluding hydrogens is 310 g/mol. The number of thiazole rings is 1. The van der Waals surface area contributed by atoms with E-state index in [1.54, 1.807) is 11.3 Å². The first-order valence-electron chi connectivity index (χ1n) is 7.94. The second kappa shape index (κ2) is 7.57. The molecule has 1 aliphatic rings. The van der Waals surface area contributed by atoms with Crippen molar-refractivity contribution in [2.24, 2.45) is 0 Å². The first-order chi connectivity index (χ1) is 11.2. The van der Waals surface area contributed by atoms with Crippen molar-refractivity contribution in [3.63, 3.8) is 0 Å². The van der Waals surface area contributed by atoms with Gasteiger partial charge in [0.1, 0.15) is 5.01 Å². The summed E-state index contributed by atoms with van der Waals surface area (Å²) >= 11 is 1.57. The lowest BCUT2D eigenvalue weighted by molar-refractivity contribution is 0.0943. The van der Waals surface area contributed by atoms with E-state index in [0.29, 0.717) is 6.54 Å². The van der Waals surface area contributed by atoms with Gasteiger partial charge in [0, 0.05) is 10.9 Å². The molecule has 3 N–H and O–H groups in total. The zero-order valence-electron chi connectivity index (χ0n) is 12.9. The van der Waals surface area contributed by atoms with Gasteiger partial charge in [-0.2, -0.15) is 0 Å². The molecule has 1 fully saturated rings. The molecule has 1 heterocycles. The Labute approximate surface area is 139 Å². The molecular formula is C17H21N3O2S. The third-order valence-electron chi connectivity index (χ3n) is 4.05. The zero-order chi connectivity index (χ0) is 16.1. The van der Waals surface area contributed by atoms with Crippen molar-refractivity contribution >= 4 is 17.4 Å². The van der Waals surface area contributed by atoms with Crippen molar-refractivity contribution in [1.82, 2.24) is 15.6 Å². The van der Waals surface area contributed by atoms with E-state index in [4.69, 9.17) is 0 Å². The SMILES string of the molecule is O=C(NCc1csc(-c2ccccc2)n1)NC1CCCCC1O. The van der Waals surface area contributed by atoms with Crippen molar-refractivity contribution < 1.29 is 9.90 Å². The van der Waals surface area contributed by atoms with E-state index in [2.05, 4.69) is 15.6 Å². The molecule has 1 aliphatic carbocycles. The molecule has 2 atom stereocenters. The molecule has 23 heavy (non-hydrogen) atoms. The monoisotopic (exact) mass is 331 g/mol. The Morgan fingerprint density at radius 3 is 2.83 bits per heavy atom. The second-order valence-corrected chi connectivity index (χ2v) is 6.65. The van der Waals surface area contributed by atoms with Gasteiger partial charge < -0.3 is 15.7 Å². The van der Waals surface area contributed by atoms with Crippen LogP contribution in [-0.2, 0) is 6.54 Å². The van der Waals surface area contributed by atoms with E-state index in [-0.39, 0.29) is 12.1 Å². The van der Waals surface area contributed by atoms with E-state index in [1.165, 1.54) is 0 Å². The number of nitrogens with one attached hydrogen (secondary N) is 2. The highest BCUT2D eigenvalue weighted by molar-refractivity contribution is 7.13.